The molecule has 4 aromatic rings. The number of cyclic esters (lactones) is 1. The Balaban J connectivity index is 1.65. The van der Waals surface area contributed by atoms with Crippen LogP contribution in [0.5, 0.6) is 0 Å². The molecule has 6 rings (SSSR count). The molecule has 2 aliphatic heterocycles. The van der Waals surface area contributed by atoms with Crippen LogP contribution in [0, 0.1) is 5.92 Å². The van der Waals surface area contributed by atoms with Crippen molar-refractivity contribution in [3.05, 3.63) is 74.6 Å². The van der Waals surface area contributed by atoms with Crippen molar-refractivity contribution in [3.63, 3.8) is 0 Å². The van der Waals surface area contributed by atoms with E-state index in [-0.39, 0.29) is 18.6 Å². The van der Waals surface area contributed by atoms with E-state index in [1.165, 1.54) is 0 Å². The van der Waals surface area contributed by atoms with E-state index in [2.05, 4.69) is 38.1 Å². The Morgan fingerprint density at radius 3 is 2.68 bits per heavy atom. The molecule has 1 atom stereocenters. The number of fused-ring (bicyclic) bond motifs is 7. The number of ether oxygens (including phenoxy) is 1. The van der Waals surface area contributed by atoms with Crippen molar-refractivity contribution in [2.45, 2.75) is 65.2 Å². The van der Waals surface area contributed by atoms with Gasteiger partial charge in [0.05, 0.1) is 29.0 Å². The zero-order valence-electron chi connectivity index (χ0n) is 21.8. The summed E-state index contributed by atoms with van der Waals surface area (Å²) in [6.07, 6.45) is 3.01. The van der Waals surface area contributed by atoms with E-state index in [4.69, 9.17) is 9.72 Å². The summed E-state index contributed by atoms with van der Waals surface area (Å²) in [7, 11) is 0. The Kier molecular flexibility index (Phi) is 5.72. The molecule has 2 aromatic heterocycles. The van der Waals surface area contributed by atoms with Gasteiger partial charge in [0.1, 0.15) is 12.9 Å². The average molecular weight is 511 g/mol. The van der Waals surface area contributed by atoms with Crippen LogP contribution in [0.25, 0.3) is 33.1 Å². The Bertz CT molecular complexity index is 1720. The third-order valence-corrected chi connectivity index (χ3v) is 8.01. The van der Waals surface area contributed by atoms with Crippen LogP contribution in [0.3, 0.4) is 0 Å². The van der Waals surface area contributed by atoms with Gasteiger partial charge in [-0.05, 0) is 59.2 Å². The SMILES string of the molecule is CC[C@@]1(O)C(=O)OCc2c1cc1n(c2=O)Cc2c-1nc1ccc3ccc(CCC=O)cc3c1c2CC(C)C. The van der Waals surface area contributed by atoms with Gasteiger partial charge in [-0.3, -0.25) is 4.79 Å². The fourth-order valence-corrected chi connectivity index (χ4v) is 6.06. The first-order chi connectivity index (χ1) is 18.3. The van der Waals surface area contributed by atoms with Crippen LogP contribution in [0.2, 0.25) is 0 Å². The van der Waals surface area contributed by atoms with Crippen molar-refractivity contribution in [2.24, 2.45) is 5.92 Å². The van der Waals surface area contributed by atoms with Gasteiger partial charge in [0.2, 0.25) is 0 Å². The maximum absolute atomic E-state index is 13.7. The summed E-state index contributed by atoms with van der Waals surface area (Å²) in [5, 5.41) is 14.5. The second kappa shape index (κ2) is 8.88. The average Bonchev–Trinajstić information content (AvgIpc) is 3.28. The molecule has 2 aliphatic rings. The van der Waals surface area contributed by atoms with Gasteiger partial charge in [-0.25, -0.2) is 9.78 Å². The van der Waals surface area contributed by atoms with Crippen molar-refractivity contribution in [1.29, 1.82) is 0 Å². The van der Waals surface area contributed by atoms with Gasteiger partial charge in [0, 0.05) is 22.9 Å². The fraction of sp³-hybridized carbons (Fsp3) is 0.355. The van der Waals surface area contributed by atoms with Crippen molar-refractivity contribution < 1.29 is 19.4 Å². The fourth-order valence-electron chi connectivity index (χ4n) is 6.06. The Labute approximate surface area is 220 Å². The summed E-state index contributed by atoms with van der Waals surface area (Å²) in [5.74, 6) is -0.359. The van der Waals surface area contributed by atoms with Crippen molar-refractivity contribution in [2.75, 3.05) is 0 Å². The van der Waals surface area contributed by atoms with Crippen molar-refractivity contribution in [1.82, 2.24) is 9.55 Å². The molecule has 0 fully saturated rings. The number of hydrogen-bond acceptors (Lipinski definition) is 6. The van der Waals surface area contributed by atoms with E-state index in [0.717, 1.165) is 56.8 Å². The van der Waals surface area contributed by atoms with Crippen LogP contribution in [-0.4, -0.2) is 26.9 Å². The maximum Gasteiger partial charge on any atom is 0.343 e. The Hall–Kier alpha value is -3.84. The number of aliphatic hydroxyl groups is 1. The molecule has 0 radical (unpaired) electrons. The van der Waals surface area contributed by atoms with E-state index in [1.807, 2.05) is 6.07 Å². The quantitative estimate of drug-likeness (QED) is 0.204. The number of aryl methyl sites for hydroxylation is 1. The minimum Gasteiger partial charge on any atom is -0.458 e. The summed E-state index contributed by atoms with van der Waals surface area (Å²) >= 11 is 0. The summed E-state index contributed by atoms with van der Waals surface area (Å²) < 4.78 is 6.92. The molecule has 0 saturated heterocycles. The summed E-state index contributed by atoms with van der Waals surface area (Å²) in [6.45, 7) is 6.29. The van der Waals surface area contributed by atoms with E-state index in [1.54, 1.807) is 17.6 Å². The first kappa shape index (κ1) is 24.5. The zero-order chi connectivity index (χ0) is 26.8. The molecule has 0 spiro atoms. The van der Waals surface area contributed by atoms with Gasteiger partial charge in [-0.15, -0.1) is 0 Å². The highest BCUT2D eigenvalue weighted by Gasteiger charge is 2.45. The minimum atomic E-state index is -1.85. The molecule has 0 aliphatic carbocycles. The van der Waals surface area contributed by atoms with Gasteiger partial charge in [0.15, 0.2) is 5.60 Å². The predicted octanol–water partition coefficient (Wildman–Crippen LogP) is 4.56. The normalized spacial score (nSPS) is 18.0. The molecule has 2 aromatic carbocycles. The number of aromatic nitrogens is 2. The Morgan fingerprint density at radius 1 is 1.16 bits per heavy atom. The molecular weight excluding hydrogens is 480 g/mol. The number of benzene rings is 2. The number of nitrogens with zero attached hydrogens (tertiary/aromatic N) is 2. The van der Waals surface area contributed by atoms with Gasteiger partial charge < -0.3 is 19.2 Å². The number of aldehydes is 1. The number of pyridine rings is 2. The topological polar surface area (TPSA) is 98.5 Å². The summed E-state index contributed by atoms with van der Waals surface area (Å²) in [6, 6.07) is 12.2. The largest absolute Gasteiger partial charge is 0.458 e. The van der Waals surface area contributed by atoms with E-state index in [0.29, 0.717) is 42.1 Å². The van der Waals surface area contributed by atoms with E-state index >= 15 is 0 Å². The molecule has 38 heavy (non-hydrogen) atoms. The molecule has 0 bridgehead atoms. The second-order valence-corrected chi connectivity index (χ2v) is 10.8. The van der Waals surface area contributed by atoms with Crippen LogP contribution >= 0.6 is 0 Å². The number of rotatable bonds is 6. The van der Waals surface area contributed by atoms with Crippen LogP contribution < -0.4 is 5.56 Å². The Morgan fingerprint density at radius 2 is 1.95 bits per heavy atom. The van der Waals surface area contributed by atoms with Crippen molar-refractivity contribution in [3.8, 4) is 11.4 Å². The van der Waals surface area contributed by atoms with E-state index in [9.17, 15) is 19.5 Å². The highest BCUT2D eigenvalue weighted by molar-refractivity contribution is 6.09. The van der Waals surface area contributed by atoms with Crippen LogP contribution in [0.1, 0.15) is 61.4 Å². The van der Waals surface area contributed by atoms with Gasteiger partial charge in [-0.1, -0.05) is 45.0 Å². The number of hydrogen-bond donors (Lipinski definition) is 1. The minimum absolute atomic E-state index is 0.108. The number of carbonyl (C=O) groups excluding carboxylic acids is 2. The molecule has 7 heteroatoms. The molecule has 0 amide bonds. The molecule has 0 unspecified atom stereocenters. The molecular formula is C31H30N2O5. The highest BCUT2D eigenvalue weighted by Crippen LogP contribution is 2.42. The first-order valence-electron chi connectivity index (χ1n) is 13.2. The molecule has 0 saturated carbocycles. The monoisotopic (exact) mass is 510 g/mol. The second-order valence-electron chi connectivity index (χ2n) is 10.8. The standard InChI is InChI=1S/C31H30N2O5/c1-4-31(37)24-14-26-28-22(15-33(26)29(35)23(24)16-38-30(31)36)21(12-17(2)3)27-20-13-18(6-5-11-34)7-8-19(20)9-10-25(27)32-28/h7-11,13-14,17,37H,4-6,12,15-16H2,1-3H3/t31-/m0/s1. The molecule has 1 N–H and O–H groups in total. The third kappa shape index (κ3) is 3.52. The number of carbonyl (C=O) groups is 2. The van der Waals surface area contributed by atoms with Crippen LogP contribution in [0.4, 0.5) is 0 Å². The highest BCUT2D eigenvalue weighted by atomic mass is 16.6. The lowest BCUT2D eigenvalue weighted by molar-refractivity contribution is -0.172. The molecule has 4 heterocycles. The van der Waals surface area contributed by atoms with Crippen molar-refractivity contribution >= 4 is 33.9 Å². The zero-order valence-corrected chi connectivity index (χ0v) is 21.8. The van der Waals surface area contributed by atoms with Crippen LogP contribution in [-0.2, 0) is 45.9 Å². The third-order valence-electron chi connectivity index (χ3n) is 8.01. The van der Waals surface area contributed by atoms with Gasteiger partial charge >= 0.3 is 5.97 Å². The van der Waals surface area contributed by atoms with Gasteiger partial charge in [-0.2, -0.15) is 0 Å². The molecule has 194 valence electrons. The van der Waals surface area contributed by atoms with E-state index < -0.39 is 11.6 Å². The molecule has 7 nitrogen and oxygen atoms in total. The number of esters is 1. The smallest absolute Gasteiger partial charge is 0.343 e. The van der Waals surface area contributed by atoms with Crippen LogP contribution in [0.15, 0.2) is 41.2 Å². The lowest BCUT2D eigenvalue weighted by Crippen LogP contribution is -2.44. The lowest BCUT2D eigenvalue weighted by atomic mass is 9.86. The lowest BCUT2D eigenvalue weighted by Gasteiger charge is -2.31. The predicted molar refractivity (Wildman–Crippen MR) is 145 cm³/mol. The van der Waals surface area contributed by atoms with Gasteiger partial charge in [0.25, 0.3) is 5.56 Å². The maximum atomic E-state index is 13.7. The first-order valence-corrected chi connectivity index (χ1v) is 13.2. The summed E-state index contributed by atoms with van der Waals surface area (Å²) in [4.78, 5) is 42.3. The summed E-state index contributed by atoms with van der Waals surface area (Å²) in [5.41, 5.74) is 4.00.